The SMILES string of the molecule is CC(=O)O[C@@H](C)C(=O)NCc1cccc(-c2cccc([C@@H]3O[C@H](CN4CC5(C)CC4CC(C)(C)C5)C[C@H](c4ccc(CO)cc4)O3)c2)c1. The van der Waals surface area contributed by atoms with Gasteiger partial charge in [0.25, 0.3) is 5.91 Å². The van der Waals surface area contributed by atoms with Gasteiger partial charge in [0.2, 0.25) is 0 Å². The van der Waals surface area contributed by atoms with E-state index in [0.29, 0.717) is 23.4 Å². The smallest absolute Gasteiger partial charge is 0.303 e. The van der Waals surface area contributed by atoms with Gasteiger partial charge in [0.15, 0.2) is 12.4 Å². The second-order valence-corrected chi connectivity index (χ2v) is 15.3. The number of fused-ring (bicyclic) bond motifs is 2. The standard InChI is InChI=1S/C40H50N2O6/c1-26(46-27(2)44)37(45)41-21-29-8-6-9-31(16-29)32-10-7-11-33(17-32)38-47-35(18-36(48-38)30-14-12-28(23-43)13-15-30)22-42-25-40(5)20-34(42)19-39(3,4)24-40/h6-17,26,34-36,38,43H,18-25H2,1-5H3,(H,41,45)/t26-,34?,35-,36+,38+,40?/m0/s1. The third-order valence-electron chi connectivity index (χ3n) is 10.2. The van der Waals surface area contributed by atoms with Crippen LogP contribution in [0, 0.1) is 10.8 Å². The first-order chi connectivity index (χ1) is 22.9. The average molecular weight is 655 g/mol. The fourth-order valence-corrected chi connectivity index (χ4v) is 8.45. The average Bonchev–Trinajstić information content (AvgIpc) is 3.30. The molecule has 6 rings (SSSR count). The van der Waals surface area contributed by atoms with Crippen LogP contribution in [0.3, 0.4) is 0 Å². The van der Waals surface area contributed by atoms with Crippen molar-refractivity contribution in [2.45, 2.75) is 104 Å². The van der Waals surface area contributed by atoms with Crippen molar-refractivity contribution in [3.63, 3.8) is 0 Å². The number of nitrogens with one attached hydrogen (secondary N) is 1. The molecule has 0 spiro atoms. The van der Waals surface area contributed by atoms with E-state index in [4.69, 9.17) is 14.2 Å². The number of rotatable bonds is 10. The molecular formula is C40H50N2O6. The van der Waals surface area contributed by atoms with Crippen molar-refractivity contribution in [3.8, 4) is 11.1 Å². The topological polar surface area (TPSA) is 97.3 Å². The van der Waals surface area contributed by atoms with Gasteiger partial charge in [-0.25, -0.2) is 0 Å². The highest BCUT2D eigenvalue weighted by Gasteiger charge is 2.50. The Morgan fingerprint density at radius 3 is 2.42 bits per heavy atom. The van der Waals surface area contributed by atoms with Crippen LogP contribution >= 0.6 is 0 Å². The van der Waals surface area contributed by atoms with Gasteiger partial charge < -0.3 is 24.6 Å². The van der Waals surface area contributed by atoms with Gasteiger partial charge in [-0.2, -0.15) is 0 Å². The maximum Gasteiger partial charge on any atom is 0.303 e. The molecule has 2 N–H and O–H groups in total. The predicted octanol–water partition coefficient (Wildman–Crippen LogP) is 6.86. The summed E-state index contributed by atoms with van der Waals surface area (Å²) in [5, 5.41) is 12.5. The van der Waals surface area contributed by atoms with Crippen molar-refractivity contribution in [2.24, 2.45) is 10.8 Å². The van der Waals surface area contributed by atoms with E-state index in [1.54, 1.807) is 6.92 Å². The minimum absolute atomic E-state index is 0.00213. The van der Waals surface area contributed by atoms with Gasteiger partial charge in [0.1, 0.15) is 0 Å². The van der Waals surface area contributed by atoms with E-state index < -0.39 is 18.4 Å². The molecule has 256 valence electrons. The molecule has 1 saturated carbocycles. The molecule has 0 radical (unpaired) electrons. The maximum atomic E-state index is 12.4. The number of likely N-dealkylation sites (tertiary alicyclic amines) is 1. The van der Waals surface area contributed by atoms with Crippen LogP contribution in [-0.4, -0.2) is 53.2 Å². The monoisotopic (exact) mass is 654 g/mol. The molecule has 2 heterocycles. The number of carbonyl (C=O) groups excluding carboxylic acids is 2. The van der Waals surface area contributed by atoms with Crippen molar-refractivity contribution in [1.29, 1.82) is 0 Å². The van der Waals surface area contributed by atoms with Gasteiger partial charge in [0.05, 0.1) is 18.8 Å². The molecule has 8 nitrogen and oxygen atoms in total. The van der Waals surface area contributed by atoms with Crippen LogP contribution in [0.25, 0.3) is 11.1 Å². The summed E-state index contributed by atoms with van der Waals surface area (Å²) in [6, 6.07) is 25.0. The van der Waals surface area contributed by atoms with Crippen molar-refractivity contribution in [2.75, 3.05) is 13.1 Å². The lowest BCUT2D eigenvalue weighted by Gasteiger charge is -2.41. The molecule has 3 fully saturated rings. The summed E-state index contributed by atoms with van der Waals surface area (Å²) in [7, 11) is 0. The molecule has 2 aliphatic heterocycles. The van der Waals surface area contributed by atoms with E-state index in [1.165, 1.54) is 26.2 Å². The Labute approximate surface area is 284 Å². The summed E-state index contributed by atoms with van der Waals surface area (Å²) < 4.78 is 18.5. The number of hydrogen-bond acceptors (Lipinski definition) is 7. The molecule has 3 aromatic rings. The van der Waals surface area contributed by atoms with Crippen LogP contribution in [0.2, 0.25) is 0 Å². The molecule has 6 atom stereocenters. The van der Waals surface area contributed by atoms with Crippen LogP contribution in [0.5, 0.6) is 0 Å². The highest BCUT2D eigenvalue weighted by molar-refractivity contribution is 5.82. The normalized spacial score (nSPS) is 27.3. The van der Waals surface area contributed by atoms with Gasteiger partial charge in [-0.15, -0.1) is 0 Å². The number of hydrogen-bond donors (Lipinski definition) is 2. The van der Waals surface area contributed by atoms with Crippen molar-refractivity contribution in [3.05, 3.63) is 95.1 Å². The molecule has 1 aliphatic carbocycles. The Hall–Kier alpha value is -3.56. The van der Waals surface area contributed by atoms with E-state index in [9.17, 15) is 14.7 Å². The van der Waals surface area contributed by atoms with Gasteiger partial charge in [-0.3, -0.25) is 14.5 Å². The quantitative estimate of drug-likeness (QED) is 0.231. The van der Waals surface area contributed by atoms with Crippen LogP contribution < -0.4 is 5.32 Å². The minimum atomic E-state index is -0.849. The summed E-state index contributed by atoms with van der Waals surface area (Å²) in [6.07, 6.45) is 2.98. The van der Waals surface area contributed by atoms with Crippen molar-refractivity contribution >= 4 is 11.9 Å². The fraction of sp³-hybridized carbons (Fsp3) is 0.500. The highest BCUT2D eigenvalue weighted by atomic mass is 16.7. The molecule has 8 heteroatoms. The first-order valence-corrected chi connectivity index (χ1v) is 17.3. The number of amides is 1. The third kappa shape index (κ3) is 8.17. The zero-order valence-corrected chi connectivity index (χ0v) is 28.9. The van der Waals surface area contributed by atoms with Crippen LogP contribution in [0.15, 0.2) is 72.8 Å². The maximum absolute atomic E-state index is 12.4. The fourth-order valence-electron chi connectivity index (χ4n) is 8.45. The number of benzene rings is 3. The summed E-state index contributed by atoms with van der Waals surface area (Å²) >= 11 is 0. The van der Waals surface area contributed by atoms with Gasteiger partial charge in [-0.1, -0.05) is 81.4 Å². The number of aliphatic hydroxyl groups excluding tert-OH is 1. The zero-order chi connectivity index (χ0) is 34.1. The Morgan fingerprint density at radius 2 is 1.69 bits per heavy atom. The van der Waals surface area contributed by atoms with Gasteiger partial charge in [-0.05, 0) is 77.0 Å². The van der Waals surface area contributed by atoms with Crippen LogP contribution in [-0.2, 0) is 37.0 Å². The molecule has 2 unspecified atom stereocenters. The third-order valence-corrected chi connectivity index (χ3v) is 10.2. The van der Waals surface area contributed by atoms with Gasteiger partial charge >= 0.3 is 5.97 Å². The molecule has 2 saturated heterocycles. The Bertz CT molecular complexity index is 1610. The lowest BCUT2D eigenvalue weighted by molar-refractivity contribution is -0.253. The number of esters is 1. The Balaban J connectivity index is 1.21. The van der Waals surface area contributed by atoms with E-state index in [2.05, 4.69) is 73.5 Å². The predicted molar refractivity (Wildman–Crippen MR) is 184 cm³/mol. The zero-order valence-electron chi connectivity index (χ0n) is 28.9. The lowest BCUT2D eigenvalue weighted by Crippen LogP contribution is -2.42. The number of carbonyl (C=O) groups is 2. The summed E-state index contributed by atoms with van der Waals surface area (Å²) in [6.45, 7) is 12.5. The molecule has 3 aliphatic rings. The van der Waals surface area contributed by atoms with E-state index in [0.717, 1.165) is 52.9 Å². The van der Waals surface area contributed by atoms with E-state index in [1.807, 2.05) is 30.3 Å². The van der Waals surface area contributed by atoms with Gasteiger partial charge in [0, 0.05) is 44.6 Å². The first kappa shape index (κ1) is 34.3. The van der Waals surface area contributed by atoms with E-state index in [-0.39, 0.29) is 24.7 Å². The second kappa shape index (κ2) is 14.1. The Kier molecular flexibility index (Phi) is 10.1. The summed E-state index contributed by atoms with van der Waals surface area (Å²) in [4.78, 5) is 26.3. The Morgan fingerprint density at radius 1 is 0.958 bits per heavy atom. The minimum Gasteiger partial charge on any atom is -0.453 e. The molecule has 3 aromatic carbocycles. The summed E-state index contributed by atoms with van der Waals surface area (Å²) in [5.41, 5.74) is 6.61. The van der Waals surface area contributed by atoms with Crippen molar-refractivity contribution in [1.82, 2.24) is 10.2 Å². The molecule has 1 amide bonds. The highest BCUT2D eigenvalue weighted by Crippen LogP contribution is 2.53. The number of aliphatic hydroxyl groups is 1. The largest absolute Gasteiger partial charge is 0.453 e. The lowest BCUT2D eigenvalue weighted by atomic mass is 9.65. The first-order valence-electron chi connectivity index (χ1n) is 17.3. The molecule has 2 bridgehead atoms. The second-order valence-electron chi connectivity index (χ2n) is 15.3. The molecule has 48 heavy (non-hydrogen) atoms. The van der Waals surface area contributed by atoms with Crippen molar-refractivity contribution < 1.29 is 28.9 Å². The number of nitrogens with zero attached hydrogens (tertiary/aromatic N) is 1. The van der Waals surface area contributed by atoms with Crippen LogP contribution in [0.4, 0.5) is 0 Å². The van der Waals surface area contributed by atoms with E-state index >= 15 is 0 Å². The summed E-state index contributed by atoms with van der Waals surface area (Å²) in [5.74, 6) is -0.825. The van der Waals surface area contributed by atoms with Crippen LogP contribution in [0.1, 0.15) is 94.9 Å². The molecular weight excluding hydrogens is 604 g/mol. The molecule has 0 aromatic heterocycles. The number of ether oxygens (including phenoxy) is 3.